The number of anilines is 5. The molecule has 1 aliphatic heterocycles. The highest BCUT2D eigenvalue weighted by Gasteiger charge is 2.30. The van der Waals surface area contributed by atoms with Crippen LogP contribution < -0.4 is 40.2 Å². The molecule has 15 nitrogen and oxygen atoms in total. The molecule has 6 rings (SSSR count). The van der Waals surface area contributed by atoms with E-state index in [1.54, 1.807) is 67.9 Å². The van der Waals surface area contributed by atoms with E-state index in [2.05, 4.69) is 39.1 Å². The van der Waals surface area contributed by atoms with E-state index in [4.69, 9.17) is 24.7 Å². The Hall–Kier alpha value is -6.10. The van der Waals surface area contributed by atoms with Crippen LogP contribution in [0.25, 0.3) is 10.8 Å². The number of carbonyl (C=O) groups excluding carboxylic acids is 2. The third kappa shape index (κ3) is 10.2. The summed E-state index contributed by atoms with van der Waals surface area (Å²) in [5.41, 5.74) is 7.98. The fraction of sp³-hybridized carbons (Fsp3) is 0.341. The molecule has 2 heterocycles. The molecule has 60 heavy (non-hydrogen) atoms. The van der Waals surface area contributed by atoms with Gasteiger partial charge in [-0.25, -0.2) is 18.2 Å². The lowest BCUT2D eigenvalue weighted by molar-refractivity contribution is -0.00923. The van der Waals surface area contributed by atoms with Crippen molar-refractivity contribution in [3.8, 4) is 23.0 Å². The average Bonchev–Trinajstić information content (AvgIpc) is 3.20. The number of aromatic nitrogens is 1. The van der Waals surface area contributed by atoms with Gasteiger partial charge < -0.3 is 35.3 Å². The summed E-state index contributed by atoms with van der Waals surface area (Å²) < 4.78 is 50.6. The lowest BCUT2D eigenvalue weighted by atomic mass is 9.86. The van der Waals surface area contributed by atoms with Gasteiger partial charge in [-0.3, -0.25) is 19.3 Å². The molecule has 1 aliphatic rings. The van der Waals surface area contributed by atoms with Crippen LogP contribution in [0.4, 0.5) is 33.4 Å². The van der Waals surface area contributed by atoms with Crippen LogP contribution >= 0.6 is 0 Å². The zero-order chi connectivity index (χ0) is 43.4. The number of methoxy groups -OCH3 is 2. The minimum atomic E-state index is -3.73. The maximum atomic E-state index is 13.4. The van der Waals surface area contributed by atoms with Crippen molar-refractivity contribution >= 4 is 61.3 Å². The Morgan fingerprint density at radius 1 is 0.883 bits per heavy atom. The van der Waals surface area contributed by atoms with Gasteiger partial charge in [0.15, 0.2) is 5.75 Å². The van der Waals surface area contributed by atoms with Gasteiger partial charge in [-0.2, -0.15) is 0 Å². The van der Waals surface area contributed by atoms with Crippen molar-refractivity contribution < 1.29 is 37.0 Å². The Bertz CT molecular complexity index is 2500. The second-order valence-electron chi connectivity index (χ2n) is 16.2. The zero-order valence-electron chi connectivity index (χ0n) is 35.2. The van der Waals surface area contributed by atoms with E-state index >= 15 is 0 Å². The normalized spacial score (nSPS) is 13.7. The lowest BCUT2D eigenvalue weighted by Crippen LogP contribution is -2.55. The van der Waals surface area contributed by atoms with E-state index in [0.717, 1.165) is 24.9 Å². The molecule has 1 aromatic heterocycles. The van der Waals surface area contributed by atoms with Gasteiger partial charge in [0.2, 0.25) is 10.0 Å². The molecule has 5 aromatic rings. The third-order valence-electron chi connectivity index (χ3n) is 10.2. The van der Waals surface area contributed by atoms with Gasteiger partial charge in [0.05, 0.1) is 50.8 Å². The number of fused-ring (bicyclic) bond motifs is 1. The Labute approximate surface area is 351 Å². The van der Waals surface area contributed by atoms with Crippen LogP contribution in [0.3, 0.4) is 0 Å². The number of hydrogen-bond acceptors (Lipinski definition) is 11. The van der Waals surface area contributed by atoms with Crippen LogP contribution in [0.1, 0.15) is 50.5 Å². The number of sulfonamides is 1. The molecule has 3 amide bonds. The summed E-state index contributed by atoms with van der Waals surface area (Å²) in [6.07, 6.45) is 2.64. The number of rotatable bonds is 14. The Balaban J connectivity index is 1.29. The van der Waals surface area contributed by atoms with E-state index in [0.29, 0.717) is 70.5 Å². The Morgan fingerprint density at radius 3 is 2.25 bits per heavy atom. The number of morpholine rings is 1. The summed E-state index contributed by atoms with van der Waals surface area (Å²) in [5.74, 6) is 1.76. The maximum absolute atomic E-state index is 13.4. The van der Waals surface area contributed by atoms with Crippen molar-refractivity contribution in [2.75, 3.05) is 68.3 Å². The molecule has 1 saturated heterocycles. The quantitative estimate of drug-likeness (QED) is 0.0867. The smallest absolute Gasteiger partial charge is 0.324 e. The number of pyridine rings is 1. The monoisotopic (exact) mass is 839 g/mol. The summed E-state index contributed by atoms with van der Waals surface area (Å²) >= 11 is 0. The first kappa shape index (κ1) is 43.5. The van der Waals surface area contributed by atoms with Crippen molar-refractivity contribution in [3.63, 3.8) is 0 Å². The highest BCUT2D eigenvalue weighted by atomic mass is 32.2. The SMILES string of the molecule is COc1cc(Nc2cc(Oc3ccc(N(C(N)=O)c4cc(C(C)(C)C)cc(NS(C)(=O)=O)c4OC)c4ccccc34)ccn2)cc(C(=O)NCC(C)(C)N2CCOCC2)c1. The van der Waals surface area contributed by atoms with Gasteiger partial charge in [-0.1, -0.05) is 45.0 Å². The molecule has 16 heteroatoms. The van der Waals surface area contributed by atoms with Crippen molar-refractivity contribution in [2.24, 2.45) is 5.73 Å². The second kappa shape index (κ2) is 17.6. The van der Waals surface area contributed by atoms with Crippen LogP contribution in [0.15, 0.2) is 85.1 Å². The predicted octanol–water partition coefficient (Wildman–Crippen LogP) is 7.51. The fourth-order valence-electron chi connectivity index (χ4n) is 7.03. The van der Waals surface area contributed by atoms with Crippen LogP contribution in [-0.4, -0.2) is 89.1 Å². The first-order chi connectivity index (χ1) is 28.4. The van der Waals surface area contributed by atoms with Crippen molar-refractivity contribution in [3.05, 3.63) is 96.2 Å². The highest BCUT2D eigenvalue weighted by Crippen LogP contribution is 2.46. The number of nitrogens with zero attached hydrogens (tertiary/aromatic N) is 3. The van der Waals surface area contributed by atoms with E-state index in [1.165, 1.54) is 12.0 Å². The largest absolute Gasteiger partial charge is 0.497 e. The van der Waals surface area contributed by atoms with Crippen molar-refractivity contribution in [1.82, 2.24) is 15.2 Å². The number of carbonyl (C=O) groups is 2. The van der Waals surface area contributed by atoms with Crippen LogP contribution in [-0.2, 0) is 20.2 Å². The van der Waals surface area contributed by atoms with Gasteiger partial charge in [0, 0.05) is 65.5 Å². The summed E-state index contributed by atoms with van der Waals surface area (Å²) in [7, 11) is -0.786. The topological polar surface area (TPSA) is 187 Å². The van der Waals surface area contributed by atoms with Gasteiger partial charge in [-0.05, 0) is 67.3 Å². The fourth-order valence-corrected chi connectivity index (χ4v) is 7.58. The average molecular weight is 840 g/mol. The molecule has 4 aromatic carbocycles. The molecular formula is C44H53N7O8S. The van der Waals surface area contributed by atoms with E-state index < -0.39 is 21.5 Å². The Morgan fingerprint density at radius 2 is 1.60 bits per heavy atom. The zero-order valence-corrected chi connectivity index (χ0v) is 36.0. The first-order valence-electron chi connectivity index (χ1n) is 19.4. The number of urea groups is 1. The molecule has 0 radical (unpaired) electrons. The van der Waals surface area contributed by atoms with Gasteiger partial charge in [0.25, 0.3) is 5.91 Å². The number of nitrogens with one attached hydrogen (secondary N) is 3. The van der Waals surface area contributed by atoms with E-state index in [9.17, 15) is 18.0 Å². The van der Waals surface area contributed by atoms with Crippen LogP contribution in [0, 0.1) is 0 Å². The number of amides is 3. The molecule has 0 unspecified atom stereocenters. The number of primary amides is 1. The summed E-state index contributed by atoms with van der Waals surface area (Å²) in [5, 5.41) is 7.64. The second-order valence-corrected chi connectivity index (χ2v) is 17.9. The number of benzene rings is 4. The summed E-state index contributed by atoms with van der Waals surface area (Å²) in [6, 6.07) is 22.1. The molecule has 5 N–H and O–H groups in total. The highest BCUT2D eigenvalue weighted by molar-refractivity contribution is 7.92. The third-order valence-corrected chi connectivity index (χ3v) is 10.8. The number of nitrogens with two attached hydrogens (primary N) is 1. The van der Waals surface area contributed by atoms with E-state index in [1.807, 2.05) is 45.0 Å². The molecular weight excluding hydrogens is 787 g/mol. The van der Waals surface area contributed by atoms with Crippen molar-refractivity contribution in [1.29, 1.82) is 0 Å². The summed E-state index contributed by atoms with van der Waals surface area (Å²) in [4.78, 5) is 35.0. The lowest BCUT2D eigenvalue weighted by Gasteiger charge is -2.40. The van der Waals surface area contributed by atoms with Gasteiger partial charge in [-0.15, -0.1) is 0 Å². The summed E-state index contributed by atoms with van der Waals surface area (Å²) in [6.45, 7) is 13.5. The molecule has 318 valence electrons. The molecule has 0 saturated carbocycles. The van der Waals surface area contributed by atoms with Gasteiger partial charge in [0.1, 0.15) is 23.1 Å². The minimum absolute atomic E-state index is 0.116. The maximum Gasteiger partial charge on any atom is 0.324 e. The number of ether oxygens (including phenoxy) is 4. The molecule has 0 spiro atoms. The number of hydrogen-bond donors (Lipinski definition) is 4. The molecule has 0 aliphatic carbocycles. The van der Waals surface area contributed by atoms with Crippen LogP contribution in [0.2, 0.25) is 0 Å². The molecule has 1 fully saturated rings. The van der Waals surface area contributed by atoms with Crippen molar-refractivity contribution in [2.45, 2.75) is 45.6 Å². The Kier molecular flexibility index (Phi) is 12.8. The predicted molar refractivity (Wildman–Crippen MR) is 235 cm³/mol. The minimum Gasteiger partial charge on any atom is -0.497 e. The molecule has 0 atom stereocenters. The first-order valence-corrected chi connectivity index (χ1v) is 21.3. The van der Waals surface area contributed by atoms with E-state index in [-0.39, 0.29) is 28.6 Å². The van der Waals surface area contributed by atoms with Crippen LogP contribution in [0.5, 0.6) is 23.0 Å². The molecule has 0 bridgehead atoms. The standard InChI is InChI=1S/C44H53N7O8S/c1-43(2,3)29-23-35(49-60(8,54)55)40(57-7)37(24-29)51(42(45)53)36-13-14-38(34-12-10-9-11-33(34)36)59-31-15-16-46-39(26-31)48-30-21-28(22-32(25-30)56-6)41(52)47-27-44(4,5)50-17-19-58-20-18-50/h9-16,21-26,49H,17-20,27H2,1-8H3,(H2,45,53)(H,46,48)(H,47,52). The van der Waals surface area contributed by atoms with Gasteiger partial charge >= 0.3 is 6.03 Å².